The van der Waals surface area contributed by atoms with Crippen molar-refractivity contribution < 1.29 is 14.6 Å². The van der Waals surface area contributed by atoms with Gasteiger partial charge in [-0.3, -0.25) is 0 Å². The average molecular weight is 268 g/mol. The van der Waals surface area contributed by atoms with Crippen molar-refractivity contribution in [2.75, 3.05) is 11.9 Å². The molecule has 0 aromatic heterocycles. The maximum Gasteiger partial charge on any atom is 0.337 e. The molecule has 1 aliphatic heterocycles. The Morgan fingerprint density at radius 3 is 3.06 bits per heavy atom. The van der Waals surface area contributed by atoms with Gasteiger partial charge in [0, 0.05) is 5.69 Å². The molecule has 1 aliphatic rings. The summed E-state index contributed by atoms with van der Waals surface area (Å²) in [4.78, 5) is 10.9. The summed E-state index contributed by atoms with van der Waals surface area (Å²) in [6.07, 6.45) is 5.79. The Kier molecular flexibility index (Phi) is 4.10. The summed E-state index contributed by atoms with van der Waals surface area (Å²) >= 11 is 5.80. The van der Waals surface area contributed by atoms with E-state index in [2.05, 4.69) is 5.32 Å². The molecule has 0 aliphatic carbocycles. The monoisotopic (exact) mass is 267 g/mol. The second kappa shape index (κ2) is 5.78. The van der Waals surface area contributed by atoms with Gasteiger partial charge in [-0.2, -0.15) is 0 Å². The third-order valence-corrected chi connectivity index (χ3v) is 3.08. The van der Waals surface area contributed by atoms with E-state index in [1.54, 1.807) is 18.4 Å². The molecule has 96 valence electrons. The van der Waals surface area contributed by atoms with Crippen molar-refractivity contribution in [3.05, 3.63) is 41.1 Å². The molecule has 0 radical (unpaired) electrons. The number of carboxylic acids is 1. The summed E-state index contributed by atoms with van der Waals surface area (Å²) in [7, 11) is 0. The lowest BCUT2D eigenvalue weighted by atomic mass is 10.1. The number of hydrogen-bond acceptors (Lipinski definition) is 3. The van der Waals surface area contributed by atoms with Gasteiger partial charge in [-0.15, -0.1) is 0 Å². The maximum atomic E-state index is 10.9. The van der Waals surface area contributed by atoms with Crippen molar-refractivity contribution in [3.63, 3.8) is 0 Å². The highest BCUT2D eigenvalue weighted by atomic mass is 35.5. The lowest BCUT2D eigenvalue weighted by Gasteiger charge is -2.20. The predicted molar refractivity (Wildman–Crippen MR) is 70.1 cm³/mol. The summed E-state index contributed by atoms with van der Waals surface area (Å²) in [5, 5.41) is 12.4. The first-order valence-electron chi connectivity index (χ1n) is 5.74. The SMILES string of the molecule is O=C(O)c1cc(NCC2CCC=CO2)ccc1Cl. The zero-order chi connectivity index (χ0) is 13.0. The Bertz CT molecular complexity index is 473. The van der Waals surface area contributed by atoms with Gasteiger partial charge in [0.15, 0.2) is 0 Å². The van der Waals surface area contributed by atoms with Gasteiger partial charge in [0.05, 0.1) is 23.4 Å². The number of nitrogens with one attached hydrogen (secondary N) is 1. The van der Waals surface area contributed by atoms with Gasteiger partial charge in [0.2, 0.25) is 0 Å². The molecule has 4 nitrogen and oxygen atoms in total. The zero-order valence-corrected chi connectivity index (χ0v) is 10.5. The molecule has 1 aromatic rings. The second-order valence-electron chi connectivity index (χ2n) is 4.09. The third-order valence-electron chi connectivity index (χ3n) is 2.75. The smallest absolute Gasteiger partial charge is 0.337 e. The fourth-order valence-electron chi connectivity index (χ4n) is 1.77. The summed E-state index contributed by atoms with van der Waals surface area (Å²) < 4.78 is 5.42. The molecule has 0 saturated heterocycles. The molecule has 1 atom stereocenters. The molecular weight excluding hydrogens is 254 g/mol. The van der Waals surface area contributed by atoms with Gasteiger partial charge in [-0.25, -0.2) is 4.79 Å². The average Bonchev–Trinajstić information content (AvgIpc) is 2.38. The number of halogens is 1. The minimum atomic E-state index is -1.03. The van der Waals surface area contributed by atoms with E-state index in [1.165, 1.54) is 6.07 Å². The van der Waals surface area contributed by atoms with Crippen LogP contribution in [0.1, 0.15) is 23.2 Å². The molecule has 0 spiro atoms. The summed E-state index contributed by atoms with van der Waals surface area (Å²) in [6.45, 7) is 0.644. The Morgan fingerprint density at radius 2 is 2.39 bits per heavy atom. The van der Waals surface area contributed by atoms with Crippen LogP contribution < -0.4 is 5.32 Å². The number of carbonyl (C=O) groups is 1. The Balaban J connectivity index is 1.99. The van der Waals surface area contributed by atoms with E-state index >= 15 is 0 Å². The van der Waals surface area contributed by atoms with Crippen LogP contribution in [0.5, 0.6) is 0 Å². The fourth-order valence-corrected chi connectivity index (χ4v) is 1.96. The van der Waals surface area contributed by atoms with Crippen molar-refractivity contribution in [2.45, 2.75) is 18.9 Å². The van der Waals surface area contributed by atoms with Crippen LogP contribution in [0, 0.1) is 0 Å². The van der Waals surface area contributed by atoms with Crippen molar-refractivity contribution in [2.24, 2.45) is 0 Å². The zero-order valence-electron chi connectivity index (χ0n) is 9.73. The number of ether oxygens (including phenoxy) is 1. The van der Waals surface area contributed by atoms with Gasteiger partial charge in [0.25, 0.3) is 0 Å². The van der Waals surface area contributed by atoms with Crippen molar-refractivity contribution >= 4 is 23.3 Å². The maximum absolute atomic E-state index is 10.9. The van der Waals surface area contributed by atoms with Crippen LogP contribution in [-0.4, -0.2) is 23.7 Å². The van der Waals surface area contributed by atoms with E-state index in [9.17, 15) is 4.79 Å². The quantitative estimate of drug-likeness (QED) is 0.880. The standard InChI is InChI=1S/C13H14ClNO3/c14-12-5-4-9(7-11(12)13(16)17)15-8-10-3-1-2-6-18-10/h2,4-7,10,15H,1,3,8H2,(H,16,17). The molecule has 2 N–H and O–H groups in total. The topological polar surface area (TPSA) is 58.6 Å². The molecule has 0 amide bonds. The largest absolute Gasteiger partial charge is 0.497 e. The number of rotatable bonds is 4. The Hall–Kier alpha value is -1.68. The predicted octanol–water partition coefficient (Wildman–Crippen LogP) is 3.14. The van der Waals surface area contributed by atoms with E-state index in [4.69, 9.17) is 21.4 Å². The molecule has 5 heteroatoms. The van der Waals surface area contributed by atoms with Crippen molar-refractivity contribution in [1.82, 2.24) is 0 Å². The Labute approximate surface area is 110 Å². The van der Waals surface area contributed by atoms with E-state index < -0.39 is 5.97 Å². The van der Waals surface area contributed by atoms with Gasteiger partial charge >= 0.3 is 5.97 Å². The van der Waals surface area contributed by atoms with Crippen molar-refractivity contribution in [1.29, 1.82) is 0 Å². The third kappa shape index (κ3) is 3.17. The van der Waals surface area contributed by atoms with Crippen LogP contribution in [0.15, 0.2) is 30.5 Å². The second-order valence-corrected chi connectivity index (χ2v) is 4.50. The van der Waals surface area contributed by atoms with Gasteiger partial charge in [-0.05, 0) is 37.1 Å². The first kappa shape index (κ1) is 12.8. The Morgan fingerprint density at radius 1 is 1.56 bits per heavy atom. The molecule has 2 rings (SSSR count). The highest BCUT2D eigenvalue weighted by molar-refractivity contribution is 6.33. The molecule has 1 heterocycles. The van der Waals surface area contributed by atoms with Gasteiger partial charge < -0.3 is 15.2 Å². The van der Waals surface area contributed by atoms with Crippen molar-refractivity contribution in [3.8, 4) is 0 Å². The number of aromatic carboxylic acids is 1. The minimum Gasteiger partial charge on any atom is -0.497 e. The lowest BCUT2D eigenvalue weighted by Crippen LogP contribution is -2.23. The van der Waals surface area contributed by atoms with Crippen LogP contribution in [0.3, 0.4) is 0 Å². The number of hydrogen-bond donors (Lipinski definition) is 2. The lowest BCUT2D eigenvalue weighted by molar-refractivity contribution is 0.0697. The normalized spacial score (nSPS) is 18.2. The summed E-state index contributed by atoms with van der Waals surface area (Å²) in [5.41, 5.74) is 0.834. The van der Waals surface area contributed by atoms with E-state index in [-0.39, 0.29) is 16.7 Å². The van der Waals surface area contributed by atoms with Gasteiger partial charge in [-0.1, -0.05) is 11.6 Å². The number of anilines is 1. The van der Waals surface area contributed by atoms with Crippen LogP contribution in [0.2, 0.25) is 5.02 Å². The van der Waals surface area contributed by atoms with E-state index in [0.717, 1.165) is 18.5 Å². The summed E-state index contributed by atoms with van der Waals surface area (Å²) in [6, 6.07) is 4.87. The van der Waals surface area contributed by atoms with Crippen LogP contribution >= 0.6 is 11.6 Å². The number of allylic oxidation sites excluding steroid dienone is 1. The van der Waals surface area contributed by atoms with Crippen LogP contribution in [-0.2, 0) is 4.74 Å². The first-order valence-corrected chi connectivity index (χ1v) is 6.12. The molecule has 0 bridgehead atoms. The first-order chi connectivity index (χ1) is 8.66. The molecule has 1 unspecified atom stereocenters. The van der Waals surface area contributed by atoms with Crippen LogP contribution in [0.25, 0.3) is 0 Å². The fraction of sp³-hybridized carbons (Fsp3) is 0.308. The molecule has 0 fully saturated rings. The molecule has 1 aromatic carbocycles. The number of benzene rings is 1. The highest BCUT2D eigenvalue weighted by Gasteiger charge is 2.12. The van der Waals surface area contributed by atoms with E-state index in [1.807, 2.05) is 6.08 Å². The molecular formula is C13H14ClNO3. The summed E-state index contributed by atoms with van der Waals surface area (Å²) in [5.74, 6) is -1.03. The number of carboxylic acid groups (broad SMARTS) is 1. The molecule has 18 heavy (non-hydrogen) atoms. The minimum absolute atomic E-state index is 0.103. The molecule has 0 saturated carbocycles. The van der Waals surface area contributed by atoms with Gasteiger partial charge in [0.1, 0.15) is 6.10 Å². The van der Waals surface area contributed by atoms with Crippen LogP contribution in [0.4, 0.5) is 5.69 Å². The highest BCUT2D eigenvalue weighted by Crippen LogP contribution is 2.21. The van der Waals surface area contributed by atoms with E-state index in [0.29, 0.717) is 6.54 Å².